The number of carbonyl (C=O) groups excluding carboxylic acids is 1. The molecule has 3 rings (SSSR count). The number of nitrogens with one attached hydrogen (secondary N) is 1. The van der Waals surface area contributed by atoms with Crippen LogP contribution in [0.25, 0.3) is 0 Å². The fourth-order valence-electron chi connectivity index (χ4n) is 2.80. The van der Waals surface area contributed by atoms with E-state index in [9.17, 15) is 14.4 Å². The molecular formula is C18H20N2O6. The van der Waals surface area contributed by atoms with Gasteiger partial charge in [-0.1, -0.05) is 12.1 Å². The van der Waals surface area contributed by atoms with Crippen molar-refractivity contribution < 1.29 is 19.0 Å². The number of ether oxygens (including phenoxy) is 3. The van der Waals surface area contributed by atoms with Crippen molar-refractivity contribution in [1.82, 2.24) is 9.55 Å². The SMILES string of the molecule is CC(=O)Oc1ccc(COC[C@@H]2CC[C@H](n3ccc(=O)[nH]c3=O)O2)cc1. The number of aromatic nitrogens is 2. The van der Waals surface area contributed by atoms with E-state index in [1.165, 1.54) is 23.8 Å². The lowest BCUT2D eigenvalue weighted by Crippen LogP contribution is -2.31. The molecule has 1 aliphatic rings. The maximum absolute atomic E-state index is 11.8. The number of rotatable bonds is 6. The summed E-state index contributed by atoms with van der Waals surface area (Å²) in [6.07, 6.45) is 2.38. The zero-order valence-corrected chi connectivity index (χ0v) is 14.3. The molecule has 2 atom stereocenters. The summed E-state index contributed by atoms with van der Waals surface area (Å²) >= 11 is 0. The van der Waals surface area contributed by atoms with Crippen LogP contribution in [0, 0.1) is 0 Å². The number of hydrogen-bond donors (Lipinski definition) is 1. The highest BCUT2D eigenvalue weighted by Gasteiger charge is 2.27. The molecule has 0 unspecified atom stereocenters. The van der Waals surface area contributed by atoms with E-state index in [2.05, 4.69) is 4.98 Å². The van der Waals surface area contributed by atoms with E-state index in [1.807, 2.05) is 12.1 Å². The van der Waals surface area contributed by atoms with E-state index in [0.717, 1.165) is 12.0 Å². The van der Waals surface area contributed by atoms with E-state index in [-0.39, 0.29) is 12.1 Å². The average molecular weight is 360 g/mol. The molecule has 0 aliphatic carbocycles. The molecule has 2 heterocycles. The molecular weight excluding hydrogens is 340 g/mol. The average Bonchev–Trinajstić information content (AvgIpc) is 3.04. The predicted octanol–water partition coefficient (Wildman–Crippen LogP) is 1.36. The van der Waals surface area contributed by atoms with Crippen molar-refractivity contribution in [2.45, 2.75) is 38.7 Å². The van der Waals surface area contributed by atoms with Gasteiger partial charge in [-0.05, 0) is 30.5 Å². The molecule has 1 N–H and O–H groups in total. The van der Waals surface area contributed by atoms with Crippen LogP contribution in [0.2, 0.25) is 0 Å². The van der Waals surface area contributed by atoms with Gasteiger partial charge in [-0.15, -0.1) is 0 Å². The summed E-state index contributed by atoms with van der Waals surface area (Å²) in [5, 5.41) is 0. The monoisotopic (exact) mass is 360 g/mol. The molecule has 0 saturated carbocycles. The maximum Gasteiger partial charge on any atom is 0.330 e. The molecule has 8 heteroatoms. The van der Waals surface area contributed by atoms with Crippen molar-refractivity contribution in [2.24, 2.45) is 0 Å². The molecule has 1 aromatic carbocycles. The van der Waals surface area contributed by atoms with E-state index in [0.29, 0.717) is 25.4 Å². The van der Waals surface area contributed by atoms with Crippen LogP contribution in [0.15, 0.2) is 46.1 Å². The van der Waals surface area contributed by atoms with Gasteiger partial charge >= 0.3 is 11.7 Å². The van der Waals surface area contributed by atoms with Gasteiger partial charge in [0.05, 0.1) is 19.3 Å². The zero-order valence-electron chi connectivity index (χ0n) is 14.3. The smallest absolute Gasteiger partial charge is 0.330 e. The number of carbonyl (C=O) groups is 1. The van der Waals surface area contributed by atoms with Gasteiger partial charge < -0.3 is 14.2 Å². The van der Waals surface area contributed by atoms with Crippen LogP contribution in [-0.2, 0) is 20.9 Å². The maximum atomic E-state index is 11.8. The lowest BCUT2D eigenvalue weighted by Gasteiger charge is -2.15. The molecule has 0 amide bonds. The summed E-state index contributed by atoms with van der Waals surface area (Å²) in [6, 6.07) is 8.39. The van der Waals surface area contributed by atoms with Crippen LogP contribution in [0.4, 0.5) is 0 Å². The Labute approximate surface area is 149 Å². The Kier molecular flexibility index (Phi) is 5.65. The van der Waals surface area contributed by atoms with Crippen LogP contribution < -0.4 is 16.0 Å². The predicted molar refractivity (Wildman–Crippen MR) is 91.9 cm³/mol. The second-order valence-electron chi connectivity index (χ2n) is 6.06. The first-order valence-corrected chi connectivity index (χ1v) is 8.33. The van der Waals surface area contributed by atoms with Crippen LogP contribution in [0.3, 0.4) is 0 Å². The standard InChI is InChI=1S/C18H20N2O6/c1-12(21)25-14-4-2-13(3-5-14)10-24-11-15-6-7-17(26-15)20-9-8-16(22)19-18(20)23/h2-5,8-9,15,17H,6-7,10-11H2,1H3,(H,19,22,23)/t15-,17+/m0/s1. The summed E-state index contributed by atoms with van der Waals surface area (Å²) in [6.45, 7) is 2.16. The lowest BCUT2D eigenvalue weighted by atomic mass is 10.2. The van der Waals surface area contributed by atoms with Crippen molar-refractivity contribution in [3.63, 3.8) is 0 Å². The summed E-state index contributed by atoms with van der Waals surface area (Å²) in [4.78, 5) is 36.0. The highest BCUT2D eigenvalue weighted by molar-refractivity contribution is 5.69. The van der Waals surface area contributed by atoms with Gasteiger partial charge in [-0.3, -0.25) is 19.1 Å². The summed E-state index contributed by atoms with van der Waals surface area (Å²) in [5.41, 5.74) is 0.0492. The van der Waals surface area contributed by atoms with Gasteiger partial charge in [0, 0.05) is 19.2 Å². The minimum absolute atomic E-state index is 0.112. The first-order chi connectivity index (χ1) is 12.5. The van der Waals surface area contributed by atoms with E-state index >= 15 is 0 Å². The first kappa shape index (κ1) is 18.1. The Balaban J connectivity index is 1.47. The number of nitrogens with zero attached hydrogens (tertiary/aromatic N) is 1. The molecule has 0 spiro atoms. The highest BCUT2D eigenvalue weighted by atomic mass is 16.6. The second kappa shape index (κ2) is 8.11. The Morgan fingerprint density at radius 2 is 2.00 bits per heavy atom. The fourth-order valence-corrected chi connectivity index (χ4v) is 2.80. The molecule has 0 bridgehead atoms. The minimum atomic E-state index is -0.475. The Morgan fingerprint density at radius 1 is 1.23 bits per heavy atom. The zero-order chi connectivity index (χ0) is 18.5. The topological polar surface area (TPSA) is 99.6 Å². The van der Waals surface area contributed by atoms with Crippen molar-refractivity contribution in [3.8, 4) is 5.75 Å². The molecule has 0 radical (unpaired) electrons. The third-order valence-corrected chi connectivity index (χ3v) is 4.00. The lowest BCUT2D eigenvalue weighted by molar-refractivity contribution is -0.131. The third kappa shape index (κ3) is 4.68. The van der Waals surface area contributed by atoms with Crippen molar-refractivity contribution in [2.75, 3.05) is 6.61 Å². The molecule has 2 aromatic rings. The van der Waals surface area contributed by atoms with Crippen molar-refractivity contribution in [3.05, 3.63) is 62.9 Å². The molecule has 8 nitrogen and oxygen atoms in total. The fraction of sp³-hybridized carbons (Fsp3) is 0.389. The Morgan fingerprint density at radius 3 is 2.69 bits per heavy atom. The van der Waals surface area contributed by atoms with E-state index in [4.69, 9.17) is 14.2 Å². The number of H-pyrrole nitrogens is 1. The van der Waals surface area contributed by atoms with Gasteiger partial charge in [0.1, 0.15) is 12.0 Å². The molecule has 1 fully saturated rings. The van der Waals surface area contributed by atoms with Gasteiger partial charge in [0.2, 0.25) is 0 Å². The van der Waals surface area contributed by atoms with Crippen molar-refractivity contribution in [1.29, 1.82) is 0 Å². The Hall–Kier alpha value is -2.71. The highest BCUT2D eigenvalue weighted by Crippen LogP contribution is 2.27. The molecule has 1 saturated heterocycles. The molecule has 26 heavy (non-hydrogen) atoms. The van der Waals surface area contributed by atoms with Gasteiger partial charge in [0.25, 0.3) is 5.56 Å². The molecule has 1 aromatic heterocycles. The van der Waals surface area contributed by atoms with Gasteiger partial charge in [-0.2, -0.15) is 0 Å². The molecule has 1 aliphatic heterocycles. The first-order valence-electron chi connectivity index (χ1n) is 8.33. The summed E-state index contributed by atoms with van der Waals surface area (Å²) in [7, 11) is 0. The van der Waals surface area contributed by atoms with Crippen LogP contribution in [0.5, 0.6) is 5.75 Å². The van der Waals surface area contributed by atoms with Crippen LogP contribution >= 0.6 is 0 Å². The summed E-state index contributed by atoms with van der Waals surface area (Å²) in [5.74, 6) is 0.137. The van der Waals surface area contributed by atoms with Gasteiger partial charge in [-0.25, -0.2) is 4.79 Å². The van der Waals surface area contributed by atoms with Crippen LogP contribution in [0.1, 0.15) is 31.6 Å². The van der Waals surface area contributed by atoms with Gasteiger partial charge in [0.15, 0.2) is 0 Å². The minimum Gasteiger partial charge on any atom is -0.427 e. The van der Waals surface area contributed by atoms with Crippen molar-refractivity contribution >= 4 is 5.97 Å². The second-order valence-corrected chi connectivity index (χ2v) is 6.06. The quantitative estimate of drug-likeness (QED) is 0.617. The summed E-state index contributed by atoms with van der Waals surface area (Å²) < 4.78 is 17.9. The van der Waals surface area contributed by atoms with E-state index < -0.39 is 17.5 Å². The Bertz CT molecular complexity index is 870. The number of aromatic amines is 1. The van der Waals surface area contributed by atoms with E-state index in [1.54, 1.807) is 12.1 Å². The number of hydrogen-bond acceptors (Lipinski definition) is 6. The third-order valence-electron chi connectivity index (χ3n) is 4.00. The van der Waals surface area contributed by atoms with Crippen LogP contribution in [-0.4, -0.2) is 28.2 Å². The largest absolute Gasteiger partial charge is 0.427 e. The normalized spacial score (nSPS) is 19.4. The number of benzene rings is 1. The number of esters is 1. The molecule has 138 valence electrons.